The van der Waals surface area contributed by atoms with Gasteiger partial charge in [-0.3, -0.25) is 9.20 Å². The van der Waals surface area contributed by atoms with Gasteiger partial charge in [0.2, 0.25) is 11.6 Å². The number of ketones is 1. The van der Waals surface area contributed by atoms with Crippen molar-refractivity contribution in [2.24, 2.45) is 0 Å². The van der Waals surface area contributed by atoms with Crippen molar-refractivity contribution < 1.29 is 23.1 Å². The van der Waals surface area contributed by atoms with E-state index in [1.54, 1.807) is 0 Å². The van der Waals surface area contributed by atoms with Gasteiger partial charge in [-0.05, 0) is 24.3 Å². The van der Waals surface area contributed by atoms with E-state index >= 15 is 0 Å². The molecule has 0 spiro atoms. The Morgan fingerprint density at radius 2 is 1.96 bits per heavy atom. The number of phenols is 1. The van der Waals surface area contributed by atoms with Crippen molar-refractivity contribution in [3.63, 3.8) is 0 Å². The van der Waals surface area contributed by atoms with Gasteiger partial charge < -0.3 is 5.11 Å². The van der Waals surface area contributed by atoms with Crippen LogP contribution in [0.15, 0.2) is 36.7 Å². The van der Waals surface area contributed by atoms with Crippen LogP contribution >= 0.6 is 0 Å². The van der Waals surface area contributed by atoms with Crippen LogP contribution in [0.1, 0.15) is 34.1 Å². The van der Waals surface area contributed by atoms with Crippen LogP contribution in [-0.2, 0) is 0 Å². The fraction of sp³-hybridized carbons (Fsp3) is 0.188. The summed E-state index contributed by atoms with van der Waals surface area (Å²) in [5, 5.41) is 9.31. The first-order valence-electron chi connectivity index (χ1n) is 7.12. The van der Waals surface area contributed by atoms with E-state index in [0.717, 1.165) is 16.8 Å². The van der Waals surface area contributed by atoms with Gasteiger partial charge in [0.1, 0.15) is 11.4 Å². The van der Waals surface area contributed by atoms with E-state index in [1.807, 2.05) is 0 Å². The van der Waals surface area contributed by atoms with Crippen molar-refractivity contribution in [3.05, 3.63) is 59.4 Å². The summed E-state index contributed by atoms with van der Waals surface area (Å²) in [5.74, 6) is -5.47. The number of benzene rings is 1. The number of hydrogen-bond acceptors (Lipinski definition) is 4. The molecule has 0 saturated heterocycles. The Labute approximate surface area is 133 Å². The third-order valence-electron chi connectivity index (χ3n) is 3.98. The highest BCUT2D eigenvalue weighted by molar-refractivity contribution is 6.09. The highest BCUT2D eigenvalue weighted by Crippen LogP contribution is 2.56. The lowest BCUT2D eigenvalue weighted by Crippen LogP contribution is -2.09. The second kappa shape index (κ2) is 4.80. The maximum atomic E-state index is 13.5. The Morgan fingerprint density at radius 1 is 1.29 bits per heavy atom. The van der Waals surface area contributed by atoms with Crippen LogP contribution in [0.2, 0.25) is 0 Å². The molecule has 2 heterocycles. The van der Waals surface area contributed by atoms with E-state index in [0.29, 0.717) is 0 Å². The second-order valence-corrected chi connectivity index (χ2v) is 5.68. The Balaban J connectivity index is 1.91. The molecule has 122 valence electrons. The zero-order chi connectivity index (χ0) is 17.1. The van der Waals surface area contributed by atoms with Crippen LogP contribution in [0, 0.1) is 5.82 Å². The van der Waals surface area contributed by atoms with Gasteiger partial charge in [0.05, 0.1) is 24.0 Å². The van der Waals surface area contributed by atoms with E-state index in [4.69, 9.17) is 0 Å². The molecule has 0 aliphatic heterocycles. The lowest BCUT2D eigenvalue weighted by molar-refractivity contribution is 0.102. The molecule has 2 aromatic heterocycles. The molecule has 1 saturated carbocycles. The Hall–Kier alpha value is -2.90. The number of alkyl halides is 2. The fourth-order valence-corrected chi connectivity index (χ4v) is 2.66. The number of hydrogen-bond donors (Lipinski definition) is 1. The van der Waals surface area contributed by atoms with Gasteiger partial charge in [0.15, 0.2) is 5.82 Å². The molecule has 3 aromatic rings. The van der Waals surface area contributed by atoms with E-state index in [-0.39, 0.29) is 28.5 Å². The number of halogens is 3. The van der Waals surface area contributed by atoms with Gasteiger partial charge in [-0.2, -0.15) is 0 Å². The summed E-state index contributed by atoms with van der Waals surface area (Å²) in [7, 11) is 0. The Morgan fingerprint density at radius 3 is 2.58 bits per heavy atom. The monoisotopic (exact) mass is 333 g/mol. The van der Waals surface area contributed by atoms with E-state index < -0.39 is 29.9 Å². The lowest BCUT2D eigenvalue weighted by Gasteiger charge is -2.04. The van der Waals surface area contributed by atoms with Gasteiger partial charge in [-0.1, -0.05) is 0 Å². The van der Waals surface area contributed by atoms with Crippen LogP contribution in [0.5, 0.6) is 5.75 Å². The van der Waals surface area contributed by atoms with Crippen molar-refractivity contribution in [1.82, 2.24) is 14.4 Å². The summed E-state index contributed by atoms with van der Waals surface area (Å²) in [4.78, 5) is 20.5. The molecule has 4 rings (SSSR count). The highest BCUT2D eigenvalue weighted by atomic mass is 19.3. The van der Waals surface area contributed by atoms with Gasteiger partial charge in [-0.15, -0.1) is 0 Å². The minimum atomic E-state index is -2.93. The van der Waals surface area contributed by atoms with Gasteiger partial charge >= 0.3 is 0 Å². The van der Waals surface area contributed by atoms with Crippen LogP contribution in [-0.4, -0.2) is 31.2 Å². The molecule has 1 aromatic carbocycles. The van der Waals surface area contributed by atoms with Crippen LogP contribution in [0.3, 0.4) is 0 Å². The molecule has 1 N–H and O–H groups in total. The average Bonchev–Trinajstić information content (AvgIpc) is 3.02. The first-order chi connectivity index (χ1) is 11.4. The maximum Gasteiger partial charge on any atom is 0.257 e. The van der Waals surface area contributed by atoms with Gasteiger partial charge in [-0.25, -0.2) is 23.1 Å². The smallest absolute Gasteiger partial charge is 0.257 e. The molecule has 24 heavy (non-hydrogen) atoms. The molecule has 5 nitrogen and oxygen atoms in total. The Bertz CT molecular complexity index is 967. The fourth-order valence-electron chi connectivity index (χ4n) is 2.66. The SMILES string of the molecule is O=C(c1ccc(O)cc1)c1c([C@@H]2CC2(F)F)nc2ncc(F)cn12. The van der Waals surface area contributed by atoms with Gasteiger partial charge in [0.25, 0.3) is 5.92 Å². The molecular weight excluding hydrogens is 323 g/mol. The third-order valence-corrected chi connectivity index (χ3v) is 3.98. The maximum absolute atomic E-state index is 13.5. The van der Waals surface area contributed by atoms with Crippen molar-refractivity contribution in [2.75, 3.05) is 0 Å². The summed E-state index contributed by atoms with van der Waals surface area (Å²) in [5.41, 5.74) is -0.0508. The minimum Gasteiger partial charge on any atom is -0.508 e. The quantitative estimate of drug-likeness (QED) is 0.749. The lowest BCUT2D eigenvalue weighted by atomic mass is 10.0. The summed E-state index contributed by atoms with van der Waals surface area (Å²) in [6.07, 6.45) is 1.49. The van der Waals surface area contributed by atoms with Crippen LogP contribution < -0.4 is 0 Å². The topological polar surface area (TPSA) is 67.5 Å². The van der Waals surface area contributed by atoms with E-state index in [2.05, 4.69) is 9.97 Å². The number of nitrogens with zero attached hydrogens (tertiary/aromatic N) is 3. The molecule has 0 radical (unpaired) electrons. The number of phenolic OH excluding ortho intramolecular Hbond substituents is 1. The van der Waals surface area contributed by atoms with Crippen molar-refractivity contribution in [2.45, 2.75) is 18.3 Å². The number of aromatic nitrogens is 3. The van der Waals surface area contributed by atoms with Crippen molar-refractivity contribution in [3.8, 4) is 5.75 Å². The van der Waals surface area contributed by atoms with Gasteiger partial charge in [0, 0.05) is 12.0 Å². The van der Waals surface area contributed by atoms with Crippen molar-refractivity contribution >= 4 is 11.6 Å². The first-order valence-corrected chi connectivity index (χ1v) is 7.12. The molecule has 0 unspecified atom stereocenters. The number of carbonyl (C=O) groups is 1. The number of rotatable bonds is 3. The molecule has 1 fully saturated rings. The average molecular weight is 333 g/mol. The second-order valence-electron chi connectivity index (χ2n) is 5.68. The third kappa shape index (κ3) is 2.22. The molecule has 1 atom stereocenters. The van der Waals surface area contributed by atoms with Crippen LogP contribution in [0.4, 0.5) is 13.2 Å². The predicted octanol–water partition coefficient (Wildman–Crippen LogP) is 2.93. The van der Waals surface area contributed by atoms with E-state index in [9.17, 15) is 23.1 Å². The molecule has 1 aliphatic rings. The summed E-state index contributed by atoms with van der Waals surface area (Å²) in [6.45, 7) is 0. The number of imidazole rings is 1. The standard InChI is InChI=1S/C16H10F3N3O2/c17-9-6-20-15-21-12(11-5-16(11,18)19)13(22(15)7-9)14(24)8-1-3-10(23)4-2-8/h1-4,6-7,11,23H,5H2/t11-/m0/s1. The van der Waals surface area contributed by atoms with Crippen molar-refractivity contribution in [1.29, 1.82) is 0 Å². The number of aromatic hydroxyl groups is 1. The normalized spacial score (nSPS) is 18.7. The highest BCUT2D eigenvalue weighted by Gasteiger charge is 2.60. The molecule has 0 amide bonds. The summed E-state index contributed by atoms with van der Waals surface area (Å²) in [6, 6.07) is 5.33. The van der Waals surface area contributed by atoms with Crippen LogP contribution in [0.25, 0.3) is 5.78 Å². The zero-order valence-electron chi connectivity index (χ0n) is 12.1. The largest absolute Gasteiger partial charge is 0.508 e. The number of fused-ring (bicyclic) bond motifs is 1. The summed E-state index contributed by atoms with van der Waals surface area (Å²) >= 11 is 0. The van der Waals surface area contributed by atoms with E-state index in [1.165, 1.54) is 24.3 Å². The molecular formula is C16H10F3N3O2. The molecule has 0 bridgehead atoms. The molecule has 8 heteroatoms. The predicted molar refractivity (Wildman–Crippen MR) is 76.8 cm³/mol. The molecule has 1 aliphatic carbocycles. The number of carbonyl (C=O) groups excluding carboxylic acids is 1. The summed E-state index contributed by atoms with van der Waals surface area (Å²) < 4.78 is 41.6. The zero-order valence-corrected chi connectivity index (χ0v) is 12.1. The minimum absolute atomic E-state index is 0.0174. The first kappa shape index (κ1) is 14.7. The Kier molecular flexibility index (Phi) is 2.93.